The van der Waals surface area contributed by atoms with Crippen LogP contribution in [0.25, 0.3) is 0 Å². The van der Waals surface area contributed by atoms with Crippen LogP contribution in [0, 0.1) is 18.7 Å². The molecule has 1 rings (SSSR count). The minimum absolute atomic E-state index is 0.215. The van der Waals surface area contributed by atoms with Gasteiger partial charge in [0.1, 0.15) is 11.9 Å². The third-order valence-electron chi connectivity index (χ3n) is 2.79. The molecule has 0 bridgehead atoms. The van der Waals surface area contributed by atoms with Crippen LogP contribution in [0.3, 0.4) is 0 Å². The zero-order valence-corrected chi connectivity index (χ0v) is 11.9. The zero-order chi connectivity index (χ0) is 15.3. The van der Waals surface area contributed by atoms with Crippen LogP contribution in [0.15, 0.2) is 18.2 Å². The molecule has 4 N–H and O–H groups in total. The number of anilines is 1. The van der Waals surface area contributed by atoms with Gasteiger partial charge in [0.25, 0.3) is 0 Å². The first-order chi connectivity index (χ1) is 9.29. The number of carbonyl (C=O) groups is 2. The van der Waals surface area contributed by atoms with Crippen molar-refractivity contribution in [2.75, 3.05) is 5.32 Å². The Kier molecular flexibility index (Phi) is 5.49. The van der Waals surface area contributed by atoms with Gasteiger partial charge in [0, 0.05) is 5.69 Å². The van der Waals surface area contributed by atoms with Gasteiger partial charge in [-0.15, -0.1) is 0 Å². The Hall–Kier alpha value is -2.11. The molecule has 0 aromatic heterocycles. The second-order valence-electron chi connectivity index (χ2n) is 5.14. The summed E-state index contributed by atoms with van der Waals surface area (Å²) in [5, 5.41) is 5.09. The molecule has 0 heterocycles. The lowest BCUT2D eigenvalue weighted by Crippen LogP contribution is -2.46. The molecule has 0 fully saturated rings. The number of rotatable bonds is 5. The number of benzene rings is 1. The molecule has 1 atom stereocenters. The first kappa shape index (κ1) is 15.9. The van der Waals surface area contributed by atoms with Crippen molar-refractivity contribution < 1.29 is 14.0 Å². The molecule has 6 heteroatoms. The van der Waals surface area contributed by atoms with E-state index in [1.807, 2.05) is 13.8 Å². The van der Waals surface area contributed by atoms with Gasteiger partial charge in [-0.2, -0.15) is 0 Å². The van der Waals surface area contributed by atoms with Crippen molar-refractivity contribution >= 4 is 17.6 Å². The van der Waals surface area contributed by atoms with Gasteiger partial charge >= 0.3 is 6.03 Å². The summed E-state index contributed by atoms with van der Waals surface area (Å²) in [6.07, 6.45) is 0.467. The molecule has 0 unspecified atom stereocenters. The van der Waals surface area contributed by atoms with E-state index in [1.165, 1.54) is 18.2 Å². The summed E-state index contributed by atoms with van der Waals surface area (Å²) in [6.45, 7) is 5.57. The minimum Gasteiger partial charge on any atom is -0.352 e. The van der Waals surface area contributed by atoms with E-state index >= 15 is 0 Å². The van der Waals surface area contributed by atoms with Gasteiger partial charge in [-0.3, -0.25) is 4.79 Å². The Morgan fingerprint density at radius 3 is 2.50 bits per heavy atom. The van der Waals surface area contributed by atoms with Crippen LogP contribution in [0.5, 0.6) is 0 Å². The van der Waals surface area contributed by atoms with Gasteiger partial charge in [-0.25, -0.2) is 9.18 Å². The van der Waals surface area contributed by atoms with Gasteiger partial charge < -0.3 is 16.4 Å². The van der Waals surface area contributed by atoms with Crippen LogP contribution in [0.4, 0.5) is 14.9 Å². The fourth-order valence-corrected chi connectivity index (χ4v) is 1.86. The SMILES string of the molecule is Cc1cc(F)ccc1NC(=O)[C@@H](CC(C)C)NC(N)=O. The second kappa shape index (κ2) is 6.88. The maximum atomic E-state index is 13.0. The molecule has 0 spiro atoms. The lowest BCUT2D eigenvalue weighted by molar-refractivity contribution is -0.118. The average Bonchev–Trinajstić information content (AvgIpc) is 2.30. The lowest BCUT2D eigenvalue weighted by atomic mass is 10.0. The summed E-state index contributed by atoms with van der Waals surface area (Å²) in [5.41, 5.74) is 6.19. The summed E-state index contributed by atoms with van der Waals surface area (Å²) < 4.78 is 13.0. The number of amides is 3. The summed E-state index contributed by atoms with van der Waals surface area (Å²) in [6, 6.07) is 2.62. The Morgan fingerprint density at radius 2 is 2.00 bits per heavy atom. The topological polar surface area (TPSA) is 84.2 Å². The number of urea groups is 1. The first-order valence-corrected chi connectivity index (χ1v) is 6.42. The highest BCUT2D eigenvalue weighted by molar-refractivity contribution is 5.97. The van der Waals surface area contributed by atoms with Gasteiger partial charge in [0.05, 0.1) is 0 Å². The summed E-state index contributed by atoms with van der Waals surface area (Å²) in [4.78, 5) is 23.1. The van der Waals surface area contributed by atoms with E-state index in [2.05, 4.69) is 10.6 Å². The molecule has 110 valence electrons. The molecule has 0 aliphatic rings. The Morgan fingerprint density at radius 1 is 1.35 bits per heavy atom. The molecular weight excluding hydrogens is 261 g/mol. The first-order valence-electron chi connectivity index (χ1n) is 6.42. The molecule has 5 nitrogen and oxygen atoms in total. The lowest BCUT2D eigenvalue weighted by Gasteiger charge is -2.19. The van der Waals surface area contributed by atoms with Crippen LogP contribution >= 0.6 is 0 Å². The number of carbonyl (C=O) groups excluding carboxylic acids is 2. The summed E-state index contributed by atoms with van der Waals surface area (Å²) in [5.74, 6) is -0.520. The van der Waals surface area contributed by atoms with Crippen molar-refractivity contribution in [3.05, 3.63) is 29.6 Å². The van der Waals surface area contributed by atoms with Gasteiger partial charge in [0.2, 0.25) is 5.91 Å². The second-order valence-corrected chi connectivity index (χ2v) is 5.14. The molecule has 1 aromatic carbocycles. The standard InChI is InChI=1S/C14H20FN3O2/c1-8(2)6-12(18-14(16)20)13(19)17-11-5-4-10(15)7-9(11)3/h4-5,7-8,12H,6H2,1-3H3,(H,17,19)(H3,16,18,20)/t12-/m1/s1. The van der Waals surface area contributed by atoms with Crippen molar-refractivity contribution in [2.45, 2.75) is 33.2 Å². The van der Waals surface area contributed by atoms with Crippen LogP contribution in [0.2, 0.25) is 0 Å². The fraction of sp³-hybridized carbons (Fsp3) is 0.429. The highest BCUT2D eigenvalue weighted by Gasteiger charge is 2.21. The molecule has 20 heavy (non-hydrogen) atoms. The molecule has 1 aromatic rings. The zero-order valence-electron chi connectivity index (χ0n) is 11.9. The van der Waals surface area contributed by atoms with Crippen LogP contribution in [-0.4, -0.2) is 18.0 Å². The number of primary amides is 1. The van der Waals surface area contributed by atoms with E-state index in [4.69, 9.17) is 5.73 Å². The number of nitrogens with one attached hydrogen (secondary N) is 2. The Balaban J connectivity index is 2.81. The fourth-order valence-electron chi connectivity index (χ4n) is 1.86. The number of hydrogen-bond donors (Lipinski definition) is 3. The van der Waals surface area contributed by atoms with Crippen molar-refractivity contribution in [3.63, 3.8) is 0 Å². The maximum absolute atomic E-state index is 13.0. The third-order valence-corrected chi connectivity index (χ3v) is 2.79. The van der Waals surface area contributed by atoms with Crippen molar-refractivity contribution in [1.29, 1.82) is 0 Å². The van der Waals surface area contributed by atoms with E-state index in [0.717, 1.165) is 0 Å². The molecule has 0 aliphatic heterocycles. The van der Waals surface area contributed by atoms with Crippen molar-refractivity contribution in [1.82, 2.24) is 5.32 Å². The van der Waals surface area contributed by atoms with E-state index in [1.54, 1.807) is 6.92 Å². The normalized spacial score (nSPS) is 12.1. The van der Waals surface area contributed by atoms with Crippen LogP contribution in [0.1, 0.15) is 25.8 Å². The summed E-state index contributed by atoms with van der Waals surface area (Å²) >= 11 is 0. The van der Waals surface area contributed by atoms with E-state index < -0.39 is 12.1 Å². The molecule has 0 saturated heterocycles. The van der Waals surface area contributed by atoms with Crippen LogP contribution < -0.4 is 16.4 Å². The molecule has 0 saturated carbocycles. The van der Waals surface area contributed by atoms with Gasteiger partial charge in [0.15, 0.2) is 0 Å². The quantitative estimate of drug-likeness (QED) is 0.772. The smallest absolute Gasteiger partial charge is 0.312 e. The highest BCUT2D eigenvalue weighted by Crippen LogP contribution is 2.16. The number of nitrogens with two attached hydrogens (primary N) is 1. The molecule has 3 amide bonds. The molecular formula is C14H20FN3O2. The number of halogens is 1. The van der Waals surface area contributed by atoms with Crippen molar-refractivity contribution in [2.24, 2.45) is 11.7 Å². The molecule has 0 aliphatic carbocycles. The van der Waals surface area contributed by atoms with Crippen molar-refractivity contribution in [3.8, 4) is 0 Å². The largest absolute Gasteiger partial charge is 0.352 e. The molecule has 0 radical (unpaired) electrons. The predicted octanol–water partition coefficient (Wildman–Crippen LogP) is 2.16. The van der Waals surface area contributed by atoms with Crippen LogP contribution in [-0.2, 0) is 4.79 Å². The Labute approximate surface area is 117 Å². The highest BCUT2D eigenvalue weighted by atomic mass is 19.1. The van der Waals surface area contributed by atoms with E-state index in [-0.39, 0.29) is 17.6 Å². The van der Waals surface area contributed by atoms with Gasteiger partial charge in [-0.1, -0.05) is 13.8 Å². The van der Waals surface area contributed by atoms with Gasteiger partial charge in [-0.05, 0) is 43.0 Å². The minimum atomic E-state index is -0.748. The number of aryl methyl sites for hydroxylation is 1. The monoisotopic (exact) mass is 281 g/mol. The Bertz CT molecular complexity index is 503. The van der Waals surface area contributed by atoms with E-state index in [9.17, 15) is 14.0 Å². The summed E-state index contributed by atoms with van der Waals surface area (Å²) in [7, 11) is 0. The predicted molar refractivity (Wildman–Crippen MR) is 75.7 cm³/mol. The van der Waals surface area contributed by atoms with E-state index in [0.29, 0.717) is 17.7 Å². The number of hydrogen-bond acceptors (Lipinski definition) is 2. The third kappa shape index (κ3) is 4.87. The maximum Gasteiger partial charge on any atom is 0.312 e. The average molecular weight is 281 g/mol.